The molecule has 0 saturated carbocycles. The topological polar surface area (TPSA) is 62.7 Å². The fourth-order valence-corrected chi connectivity index (χ4v) is 7.18. The van der Waals surface area contributed by atoms with Crippen LogP contribution in [0.15, 0.2) is 110 Å². The highest BCUT2D eigenvalue weighted by Gasteiger charge is 2.46. The first-order valence-electron chi connectivity index (χ1n) is 18.3. The van der Waals surface area contributed by atoms with Crippen LogP contribution in [0.1, 0.15) is 115 Å². The van der Waals surface area contributed by atoms with Gasteiger partial charge in [0, 0.05) is 27.7 Å². The molecule has 1 heterocycles. The minimum atomic E-state index is -0.478. The van der Waals surface area contributed by atoms with Crippen molar-refractivity contribution in [2.45, 2.75) is 103 Å². The molecule has 50 heavy (non-hydrogen) atoms. The van der Waals surface area contributed by atoms with Crippen LogP contribution in [0.3, 0.4) is 0 Å². The van der Waals surface area contributed by atoms with Crippen LogP contribution in [0.2, 0.25) is 0 Å². The van der Waals surface area contributed by atoms with Gasteiger partial charge in [0.25, 0.3) is 0 Å². The number of hydrogen-bond donors (Lipinski definition) is 2. The molecule has 4 aromatic carbocycles. The van der Waals surface area contributed by atoms with Gasteiger partial charge >= 0.3 is 0 Å². The van der Waals surface area contributed by atoms with Gasteiger partial charge < -0.3 is 10.6 Å². The lowest BCUT2D eigenvalue weighted by molar-refractivity contribution is 0.405. The van der Waals surface area contributed by atoms with E-state index in [9.17, 15) is 0 Å². The van der Waals surface area contributed by atoms with Gasteiger partial charge in [0.05, 0.1) is 5.41 Å². The molecule has 0 bridgehead atoms. The molecule has 0 unspecified atom stereocenters. The zero-order valence-corrected chi connectivity index (χ0v) is 31.2. The first kappa shape index (κ1) is 35.1. The second-order valence-electron chi connectivity index (χ2n) is 15.0. The van der Waals surface area contributed by atoms with Crippen molar-refractivity contribution in [1.82, 2.24) is 15.0 Å². The van der Waals surface area contributed by atoms with E-state index in [1.165, 1.54) is 33.4 Å². The number of aromatic nitrogens is 3. The van der Waals surface area contributed by atoms with Crippen molar-refractivity contribution in [2.75, 3.05) is 10.6 Å². The van der Waals surface area contributed by atoms with Crippen LogP contribution in [-0.4, -0.2) is 20.5 Å². The zero-order valence-electron chi connectivity index (χ0n) is 31.2. The van der Waals surface area contributed by atoms with E-state index in [0.29, 0.717) is 5.95 Å². The summed E-state index contributed by atoms with van der Waals surface area (Å²) >= 11 is 0. The van der Waals surface area contributed by atoms with Gasteiger partial charge in [-0.1, -0.05) is 113 Å². The Labute approximate surface area is 299 Å². The number of hydrogen-bond acceptors (Lipinski definition) is 5. The Bertz CT molecular complexity index is 1920. The lowest BCUT2D eigenvalue weighted by Gasteiger charge is -2.34. The van der Waals surface area contributed by atoms with Crippen molar-refractivity contribution in [2.24, 2.45) is 0 Å². The molecule has 0 saturated heterocycles. The molecule has 258 valence electrons. The third kappa shape index (κ3) is 6.01. The largest absolute Gasteiger partial charge is 0.380 e. The molecule has 1 aromatic heterocycles. The molecule has 0 amide bonds. The fourth-order valence-electron chi connectivity index (χ4n) is 7.18. The highest BCUT2D eigenvalue weighted by molar-refractivity contribution is 5.86. The molecular weight excluding hydrogens is 611 g/mol. The Morgan fingerprint density at radius 1 is 0.600 bits per heavy atom. The van der Waals surface area contributed by atoms with Gasteiger partial charge in [0.15, 0.2) is 0 Å². The molecule has 1 aliphatic carbocycles. The van der Waals surface area contributed by atoms with Gasteiger partial charge in [0.1, 0.15) is 11.6 Å². The maximum Gasteiger partial charge on any atom is 0.230 e. The third-order valence-electron chi connectivity index (χ3n) is 11.7. The minimum absolute atomic E-state index is 0.0573. The van der Waals surface area contributed by atoms with Crippen molar-refractivity contribution < 1.29 is 0 Å². The standard InChI is InChI=1S/C45H53N5/c1-10-42(6,7)39-47-40(43(8,11-2)12-3)49-41(48-39)46-33-27-23-31(24-28-33)45(32-25-29-34(30-26-32)50-44(9,13-4)14-5)37-21-17-15-19-35(37)36-20-16-18-22-38(36)45/h10,15-30,50H,1,11-14H2,2-9H3,(H,46,47,48,49). The molecule has 6 rings (SSSR count). The van der Waals surface area contributed by atoms with E-state index >= 15 is 0 Å². The molecule has 0 atom stereocenters. The van der Waals surface area contributed by atoms with Gasteiger partial charge in [0.2, 0.25) is 5.95 Å². The Balaban J connectivity index is 1.45. The van der Waals surface area contributed by atoms with E-state index in [-0.39, 0.29) is 11.0 Å². The number of benzene rings is 4. The van der Waals surface area contributed by atoms with E-state index in [2.05, 4.69) is 170 Å². The summed E-state index contributed by atoms with van der Waals surface area (Å²) < 4.78 is 0. The van der Waals surface area contributed by atoms with Crippen LogP contribution in [0.4, 0.5) is 17.3 Å². The number of nitrogens with zero attached hydrogens (tertiary/aromatic N) is 3. The monoisotopic (exact) mass is 663 g/mol. The highest BCUT2D eigenvalue weighted by atomic mass is 15.2. The van der Waals surface area contributed by atoms with Crippen LogP contribution in [0.5, 0.6) is 0 Å². The fraction of sp³-hybridized carbons (Fsp3) is 0.356. The summed E-state index contributed by atoms with van der Waals surface area (Å²) in [4.78, 5) is 14.9. The zero-order chi connectivity index (χ0) is 35.7. The maximum atomic E-state index is 4.98. The third-order valence-corrected chi connectivity index (χ3v) is 11.7. The van der Waals surface area contributed by atoms with Gasteiger partial charge in [-0.25, -0.2) is 4.98 Å². The predicted octanol–water partition coefficient (Wildman–Crippen LogP) is 11.5. The van der Waals surface area contributed by atoms with Crippen molar-refractivity contribution in [3.8, 4) is 11.1 Å². The van der Waals surface area contributed by atoms with Crippen LogP contribution in [-0.2, 0) is 16.2 Å². The van der Waals surface area contributed by atoms with E-state index in [4.69, 9.17) is 15.0 Å². The molecule has 0 spiro atoms. The lowest BCUT2D eigenvalue weighted by atomic mass is 9.67. The first-order chi connectivity index (χ1) is 24.0. The molecule has 1 aliphatic rings. The summed E-state index contributed by atoms with van der Waals surface area (Å²) in [7, 11) is 0. The summed E-state index contributed by atoms with van der Waals surface area (Å²) in [6.45, 7) is 21.7. The summed E-state index contributed by atoms with van der Waals surface area (Å²) in [5.74, 6) is 2.09. The molecule has 0 fully saturated rings. The quantitative estimate of drug-likeness (QED) is 0.120. The van der Waals surface area contributed by atoms with E-state index < -0.39 is 10.8 Å². The Morgan fingerprint density at radius 3 is 1.56 bits per heavy atom. The molecule has 5 heteroatoms. The maximum absolute atomic E-state index is 4.98. The van der Waals surface area contributed by atoms with E-state index in [1.807, 2.05) is 6.08 Å². The molecule has 0 aliphatic heterocycles. The Morgan fingerprint density at radius 2 is 1.08 bits per heavy atom. The predicted molar refractivity (Wildman–Crippen MR) is 211 cm³/mol. The number of anilines is 3. The Kier molecular flexibility index (Phi) is 9.47. The average molecular weight is 664 g/mol. The van der Waals surface area contributed by atoms with Gasteiger partial charge in [-0.2, -0.15) is 9.97 Å². The normalized spacial score (nSPS) is 13.8. The van der Waals surface area contributed by atoms with Gasteiger partial charge in [-0.15, -0.1) is 6.58 Å². The first-order valence-corrected chi connectivity index (χ1v) is 18.3. The number of fused-ring (bicyclic) bond motifs is 3. The van der Waals surface area contributed by atoms with Crippen molar-refractivity contribution >= 4 is 17.3 Å². The van der Waals surface area contributed by atoms with Crippen molar-refractivity contribution in [1.29, 1.82) is 0 Å². The number of rotatable bonds is 13. The van der Waals surface area contributed by atoms with E-state index in [0.717, 1.165) is 48.7 Å². The summed E-state index contributed by atoms with van der Waals surface area (Å²) in [5.41, 5.74) is 8.71. The highest BCUT2D eigenvalue weighted by Crippen LogP contribution is 2.56. The number of allylic oxidation sites excluding steroid dienone is 1. The average Bonchev–Trinajstić information content (AvgIpc) is 3.46. The second kappa shape index (κ2) is 13.5. The number of nitrogens with one attached hydrogen (secondary N) is 2. The minimum Gasteiger partial charge on any atom is -0.380 e. The van der Waals surface area contributed by atoms with Gasteiger partial charge in [-0.3, -0.25) is 0 Å². The molecule has 0 radical (unpaired) electrons. The molecule has 5 nitrogen and oxygen atoms in total. The molecular formula is C45H53N5. The van der Waals surface area contributed by atoms with E-state index in [1.54, 1.807) is 0 Å². The van der Waals surface area contributed by atoms with Crippen LogP contribution in [0, 0.1) is 0 Å². The summed E-state index contributed by atoms with van der Waals surface area (Å²) in [5, 5.41) is 7.35. The van der Waals surface area contributed by atoms with Crippen LogP contribution in [0.25, 0.3) is 11.1 Å². The van der Waals surface area contributed by atoms with Crippen LogP contribution >= 0.6 is 0 Å². The molecule has 2 N–H and O–H groups in total. The molecule has 5 aromatic rings. The second-order valence-corrected chi connectivity index (χ2v) is 15.0. The summed E-state index contributed by atoms with van der Waals surface area (Å²) in [6.07, 6.45) is 5.91. The Hall–Kier alpha value is -4.77. The van der Waals surface area contributed by atoms with Crippen LogP contribution < -0.4 is 10.6 Å². The summed E-state index contributed by atoms with van der Waals surface area (Å²) in [6, 6.07) is 35.7. The lowest BCUT2D eigenvalue weighted by Crippen LogP contribution is -2.33. The smallest absolute Gasteiger partial charge is 0.230 e. The van der Waals surface area contributed by atoms with Gasteiger partial charge in [-0.05, 0) is 104 Å². The van der Waals surface area contributed by atoms with Crippen molar-refractivity contribution in [3.63, 3.8) is 0 Å². The van der Waals surface area contributed by atoms with Crippen molar-refractivity contribution in [3.05, 3.63) is 144 Å². The SMILES string of the molecule is C=CC(C)(C)c1nc(Nc2ccc(C3(c4ccc(NC(C)(CC)CC)cc4)c4ccccc4-c4ccccc43)cc2)nc(C(C)(CC)CC)n1.